The van der Waals surface area contributed by atoms with E-state index in [0.717, 1.165) is 32.5 Å². The molecule has 8 heteroatoms. The fourth-order valence-corrected chi connectivity index (χ4v) is 3.16. The van der Waals surface area contributed by atoms with Gasteiger partial charge in [-0.25, -0.2) is 0 Å². The molecule has 1 aromatic carbocycles. The fraction of sp³-hybridized carbons (Fsp3) is 0.579. The minimum absolute atomic E-state index is 0. The molecule has 1 aromatic rings. The first-order chi connectivity index (χ1) is 12.6. The van der Waals surface area contributed by atoms with Crippen LogP contribution in [0.4, 0.5) is 5.69 Å². The molecule has 0 atom stereocenters. The van der Waals surface area contributed by atoms with E-state index in [-0.39, 0.29) is 30.8 Å². The quantitative estimate of drug-likeness (QED) is 0.703. The van der Waals surface area contributed by atoms with Gasteiger partial charge in [-0.05, 0) is 44.2 Å². The molecule has 2 fully saturated rings. The number of carbonyl (C=O) groups is 2. The van der Waals surface area contributed by atoms with E-state index in [1.54, 1.807) is 12.1 Å². The van der Waals surface area contributed by atoms with Crippen LogP contribution in [0.25, 0.3) is 0 Å². The summed E-state index contributed by atoms with van der Waals surface area (Å²) in [5.41, 5.74) is 0.887. The van der Waals surface area contributed by atoms with Crippen molar-refractivity contribution in [1.82, 2.24) is 10.2 Å². The normalized spacial score (nSPS) is 15.9. The topological polar surface area (TPSA) is 79.9 Å². The lowest BCUT2D eigenvalue weighted by Crippen LogP contribution is -2.32. The van der Waals surface area contributed by atoms with E-state index in [4.69, 9.17) is 9.47 Å². The number of benzene rings is 1. The Kier molecular flexibility index (Phi) is 7.74. The van der Waals surface area contributed by atoms with Crippen LogP contribution in [0.15, 0.2) is 12.1 Å². The molecule has 1 heterocycles. The van der Waals surface area contributed by atoms with Gasteiger partial charge in [0.2, 0.25) is 5.91 Å². The number of carbonyl (C=O) groups excluding carboxylic acids is 2. The molecule has 0 bridgehead atoms. The summed E-state index contributed by atoms with van der Waals surface area (Å²) in [5, 5.41) is 6.01. The maximum atomic E-state index is 12.9. The fourth-order valence-electron chi connectivity index (χ4n) is 3.16. The van der Waals surface area contributed by atoms with Gasteiger partial charge in [-0.3, -0.25) is 9.59 Å². The van der Waals surface area contributed by atoms with Crippen molar-refractivity contribution in [2.75, 3.05) is 45.7 Å². The van der Waals surface area contributed by atoms with Crippen molar-refractivity contribution >= 4 is 29.9 Å². The molecule has 0 unspecified atom stereocenters. The molecule has 0 radical (unpaired) electrons. The Balaban J connectivity index is 0.00000261. The zero-order chi connectivity index (χ0) is 18.5. The van der Waals surface area contributed by atoms with Crippen LogP contribution in [0, 0.1) is 5.92 Å². The molecule has 1 aliphatic carbocycles. The van der Waals surface area contributed by atoms with E-state index >= 15 is 0 Å². The summed E-state index contributed by atoms with van der Waals surface area (Å²) in [6.07, 6.45) is 4.48. The van der Waals surface area contributed by atoms with Gasteiger partial charge >= 0.3 is 0 Å². The predicted octanol–water partition coefficient (Wildman–Crippen LogP) is 2.30. The Hall–Kier alpha value is -1.99. The minimum Gasteiger partial charge on any atom is -0.493 e. The van der Waals surface area contributed by atoms with Crippen LogP contribution in [0.3, 0.4) is 0 Å². The first-order valence-electron chi connectivity index (χ1n) is 9.18. The van der Waals surface area contributed by atoms with Crippen molar-refractivity contribution in [3.8, 4) is 11.5 Å². The lowest BCUT2D eigenvalue weighted by atomic mass is 10.1. The number of methoxy groups -OCH3 is 2. The smallest absolute Gasteiger partial charge is 0.256 e. The van der Waals surface area contributed by atoms with E-state index < -0.39 is 0 Å². The largest absolute Gasteiger partial charge is 0.493 e. The summed E-state index contributed by atoms with van der Waals surface area (Å²) in [6.45, 7) is 2.56. The predicted molar refractivity (Wildman–Crippen MR) is 106 cm³/mol. The van der Waals surface area contributed by atoms with Gasteiger partial charge in [-0.1, -0.05) is 0 Å². The Labute approximate surface area is 166 Å². The number of likely N-dealkylation sites (tertiary alicyclic amines) is 1. The third kappa shape index (κ3) is 5.49. The van der Waals surface area contributed by atoms with Crippen molar-refractivity contribution in [1.29, 1.82) is 0 Å². The molecule has 0 spiro atoms. The van der Waals surface area contributed by atoms with Gasteiger partial charge in [0.25, 0.3) is 5.91 Å². The second kappa shape index (κ2) is 9.80. The van der Waals surface area contributed by atoms with Crippen LogP contribution in [-0.4, -0.2) is 57.1 Å². The number of nitrogens with zero attached hydrogens (tertiary/aromatic N) is 1. The van der Waals surface area contributed by atoms with Gasteiger partial charge in [0.15, 0.2) is 11.5 Å². The molecule has 0 aromatic heterocycles. The molecule has 7 nitrogen and oxygen atoms in total. The molecule has 2 aliphatic rings. The SMILES string of the molecule is COc1cc(NC(=O)CNCC2CC2)c(C(=O)N2CCCC2)cc1OC.Cl. The number of anilines is 1. The molecule has 150 valence electrons. The third-order valence-corrected chi connectivity index (χ3v) is 4.84. The van der Waals surface area contributed by atoms with Crippen molar-refractivity contribution in [3.05, 3.63) is 17.7 Å². The van der Waals surface area contributed by atoms with E-state index in [1.807, 2.05) is 4.90 Å². The summed E-state index contributed by atoms with van der Waals surface area (Å²) in [7, 11) is 3.06. The summed E-state index contributed by atoms with van der Waals surface area (Å²) in [6, 6.07) is 3.30. The first-order valence-corrected chi connectivity index (χ1v) is 9.18. The molecule has 3 rings (SSSR count). The van der Waals surface area contributed by atoms with Crippen molar-refractivity contribution < 1.29 is 19.1 Å². The Morgan fingerprint density at radius 2 is 1.74 bits per heavy atom. The molecule has 1 saturated carbocycles. The maximum Gasteiger partial charge on any atom is 0.256 e. The van der Waals surface area contributed by atoms with Crippen LogP contribution in [0.2, 0.25) is 0 Å². The van der Waals surface area contributed by atoms with Gasteiger partial charge in [0.05, 0.1) is 32.0 Å². The Morgan fingerprint density at radius 1 is 1.11 bits per heavy atom. The van der Waals surface area contributed by atoms with Crippen LogP contribution in [0.5, 0.6) is 11.5 Å². The monoisotopic (exact) mass is 397 g/mol. The zero-order valence-corrected chi connectivity index (χ0v) is 16.7. The highest BCUT2D eigenvalue weighted by Crippen LogP contribution is 2.34. The highest BCUT2D eigenvalue weighted by Gasteiger charge is 2.25. The number of ether oxygens (including phenoxy) is 2. The van der Waals surface area contributed by atoms with E-state index in [1.165, 1.54) is 27.1 Å². The molecule has 1 aliphatic heterocycles. The summed E-state index contributed by atoms with van der Waals surface area (Å²) < 4.78 is 10.6. The lowest BCUT2D eigenvalue weighted by Gasteiger charge is -2.20. The number of amides is 2. The van der Waals surface area contributed by atoms with E-state index in [9.17, 15) is 9.59 Å². The standard InChI is InChI=1S/C19H27N3O4.ClH/c1-25-16-9-14(19(24)22-7-3-4-8-22)15(10-17(16)26-2)21-18(23)12-20-11-13-5-6-13;/h9-10,13,20H,3-8,11-12H2,1-2H3,(H,21,23);1H. The Bertz CT molecular complexity index is 673. The molecular weight excluding hydrogens is 370 g/mol. The van der Waals surface area contributed by atoms with Gasteiger partial charge in [-0.15, -0.1) is 12.4 Å². The second-order valence-corrected chi connectivity index (χ2v) is 6.87. The van der Waals surface area contributed by atoms with Crippen molar-refractivity contribution in [2.24, 2.45) is 5.92 Å². The molecule has 2 amide bonds. The average molecular weight is 398 g/mol. The number of hydrogen-bond donors (Lipinski definition) is 2. The Morgan fingerprint density at radius 3 is 2.33 bits per heavy atom. The second-order valence-electron chi connectivity index (χ2n) is 6.87. The third-order valence-electron chi connectivity index (χ3n) is 4.84. The van der Waals surface area contributed by atoms with Gasteiger partial charge in [0.1, 0.15) is 0 Å². The van der Waals surface area contributed by atoms with Crippen LogP contribution >= 0.6 is 12.4 Å². The van der Waals surface area contributed by atoms with Gasteiger partial charge in [0, 0.05) is 19.2 Å². The van der Waals surface area contributed by atoms with Crippen molar-refractivity contribution in [3.63, 3.8) is 0 Å². The summed E-state index contributed by atoms with van der Waals surface area (Å²) >= 11 is 0. The number of hydrogen-bond acceptors (Lipinski definition) is 5. The highest BCUT2D eigenvalue weighted by atomic mass is 35.5. The van der Waals surface area contributed by atoms with Crippen LogP contribution in [0.1, 0.15) is 36.0 Å². The van der Waals surface area contributed by atoms with E-state index in [0.29, 0.717) is 28.7 Å². The summed E-state index contributed by atoms with van der Waals surface area (Å²) in [4.78, 5) is 27.0. The number of nitrogens with one attached hydrogen (secondary N) is 2. The molecule has 1 saturated heterocycles. The molecular formula is C19H28ClN3O4. The van der Waals surface area contributed by atoms with E-state index in [2.05, 4.69) is 10.6 Å². The highest BCUT2D eigenvalue weighted by molar-refractivity contribution is 6.05. The summed E-state index contributed by atoms with van der Waals surface area (Å²) in [5.74, 6) is 1.39. The van der Waals surface area contributed by atoms with Gasteiger partial charge < -0.3 is 25.0 Å². The van der Waals surface area contributed by atoms with Crippen molar-refractivity contribution in [2.45, 2.75) is 25.7 Å². The van der Waals surface area contributed by atoms with Crippen LogP contribution in [-0.2, 0) is 4.79 Å². The van der Waals surface area contributed by atoms with Gasteiger partial charge in [-0.2, -0.15) is 0 Å². The lowest BCUT2D eigenvalue weighted by molar-refractivity contribution is -0.115. The number of rotatable bonds is 8. The zero-order valence-electron chi connectivity index (χ0n) is 15.9. The molecule has 2 N–H and O–H groups in total. The first kappa shape index (κ1) is 21.3. The number of halogens is 1. The minimum atomic E-state index is -0.173. The maximum absolute atomic E-state index is 12.9. The van der Waals surface area contributed by atoms with Crippen LogP contribution < -0.4 is 20.1 Å². The average Bonchev–Trinajstić information content (AvgIpc) is 3.30. The molecule has 27 heavy (non-hydrogen) atoms.